The van der Waals surface area contributed by atoms with Crippen LogP contribution >= 0.6 is 22.7 Å². The van der Waals surface area contributed by atoms with Crippen molar-refractivity contribution in [2.24, 2.45) is 0 Å². The summed E-state index contributed by atoms with van der Waals surface area (Å²) in [6.07, 6.45) is 0. The number of benzene rings is 1. The number of hydrogen-bond donors (Lipinski definition) is 2. The Morgan fingerprint density at radius 1 is 1.23 bits per heavy atom. The Morgan fingerprint density at radius 2 is 1.95 bits per heavy atom. The molecular weight excluding hydrogens is 348 g/mol. The summed E-state index contributed by atoms with van der Waals surface area (Å²) in [5, 5.41) is 11.1. The van der Waals surface area contributed by atoms with E-state index < -0.39 is 22.0 Å². The molecule has 2 N–H and O–H groups in total. The maximum absolute atomic E-state index is 11.8. The van der Waals surface area contributed by atoms with Crippen LogP contribution < -0.4 is 4.31 Å². The molecule has 2 heterocycles. The fraction of sp³-hybridized carbons (Fsp3) is 0. The first kappa shape index (κ1) is 14.9. The lowest BCUT2D eigenvalue weighted by Gasteiger charge is -2.18. The zero-order valence-electron chi connectivity index (χ0n) is 10.7. The van der Waals surface area contributed by atoms with E-state index in [1.165, 1.54) is 16.8 Å². The Kier molecular flexibility index (Phi) is 3.60. The van der Waals surface area contributed by atoms with Gasteiger partial charge >= 0.3 is 16.3 Å². The van der Waals surface area contributed by atoms with E-state index in [2.05, 4.69) is 4.98 Å². The lowest BCUT2D eigenvalue weighted by Crippen LogP contribution is -2.25. The molecule has 114 valence electrons. The van der Waals surface area contributed by atoms with Crippen molar-refractivity contribution in [1.29, 1.82) is 0 Å². The van der Waals surface area contributed by atoms with Gasteiger partial charge < -0.3 is 5.11 Å². The summed E-state index contributed by atoms with van der Waals surface area (Å²) in [6, 6.07) is 7.03. The van der Waals surface area contributed by atoms with E-state index in [1.54, 1.807) is 29.6 Å². The molecule has 0 amide bonds. The van der Waals surface area contributed by atoms with Crippen LogP contribution in [0.1, 0.15) is 10.5 Å². The molecule has 0 aliphatic rings. The minimum Gasteiger partial charge on any atom is -0.476 e. The van der Waals surface area contributed by atoms with E-state index in [1.807, 2.05) is 0 Å². The summed E-state index contributed by atoms with van der Waals surface area (Å²) in [5.74, 6) is -1.37. The van der Waals surface area contributed by atoms with Crippen LogP contribution in [0.2, 0.25) is 0 Å². The largest absolute Gasteiger partial charge is 0.476 e. The first-order chi connectivity index (χ1) is 10.4. The number of carboxylic acids is 1. The van der Waals surface area contributed by atoms with Crippen molar-refractivity contribution in [2.45, 2.75) is 0 Å². The third-order valence-electron chi connectivity index (χ3n) is 2.85. The highest BCUT2D eigenvalue weighted by Gasteiger charge is 2.30. The number of anilines is 2. The monoisotopic (exact) mass is 356 g/mol. The van der Waals surface area contributed by atoms with Crippen LogP contribution in [0.3, 0.4) is 0 Å². The molecule has 0 aliphatic carbocycles. The predicted molar refractivity (Wildman–Crippen MR) is 84.6 cm³/mol. The molecule has 22 heavy (non-hydrogen) atoms. The first-order valence-electron chi connectivity index (χ1n) is 5.80. The highest BCUT2D eigenvalue weighted by Crippen LogP contribution is 2.41. The standard InChI is InChI=1S/C12H8N2O5S3/c15-12(16)10-11(21-6-13-10)14(22(17,18)19)8-5-20-9-4-2-1-3-7(8)9/h1-6H,(H,15,16)(H,17,18,19). The predicted octanol–water partition coefficient (Wildman–Crippen LogP) is 3.00. The summed E-state index contributed by atoms with van der Waals surface area (Å²) in [4.78, 5) is 14.8. The van der Waals surface area contributed by atoms with E-state index in [0.717, 1.165) is 16.0 Å². The second-order valence-corrected chi connectivity index (χ2v) is 7.18. The smallest absolute Gasteiger partial charge is 0.365 e. The van der Waals surface area contributed by atoms with Crippen molar-refractivity contribution in [3.63, 3.8) is 0 Å². The molecule has 3 aromatic rings. The van der Waals surface area contributed by atoms with Gasteiger partial charge in [0.15, 0.2) is 5.69 Å². The molecular formula is C12H8N2O5S3. The molecule has 0 aliphatic heterocycles. The molecule has 2 aromatic heterocycles. The number of nitrogens with zero attached hydrogens (tertiary/aromatic N) is 2. The second kappa shape index (κ2) is 5.32. The number of thiazole rings is 1. The van der Waals surface area contributed by atoms with Crippen molar-refractivity contribution in [1.82, 2.24) is 4.98 Å². The molecule has 1 aromatic carbocycles. The van der Waals surface area contributed by atoms with E-state index in [4.69, 9.17) is 5.11 Å². The normalized spacial score (nSPS) is 11.7. The summed E-state index contributed by atoms with van der Waals surface area (Å²) >= 11 is 2.11. The molecule has 7 nitrogen and oxygen atoms in total. The second-order valence-electron chi connectivity index (χ2n) is 4.17. The number of aromatic carboxylic acids is 1. The molecule has 0 radical (unpaired) electrons. The van der Waals surface area contributed by atoms with E-state index in [-0.39, 0.29) is 10.7 Å². The highest BCUT2D eigenvalue weighted by atomic mass is 32.2. The number of rotatable bonds is 4. The Bertz CT molecular complexity index is 960. The van der Waals surface area contributed by atoms with Crippen LogP contribution in [-0.4, -0.2) is 29.0 Å². The van der Waals surface area contributed by atoms with Gasteiger partial charge in [-0.05, 0) is 6.07 Å². The average Bonchev–Trinajstić information content (AvgIpc) is 3.05. The Hall–Kier alpha value is -2.01. The van der Waals surface area contributed by atoms with Crippen LogP contribution in [0, 0.1) is 0 Å². The van der Waals surface area contributed by atoms with Crippen molar-refractivity contribution in [3.05, 3.63) is 40.8 Å². The van der Waals surface area contributed by atoms with E-state index in [9.17, 15) is 17.8 Å². The minimum absolute atomic E-state index is 0.168. The van der Waals surface area contributed by atoms with Crippen LogP contribution in [0.25, 0.3) is 10.1 Å². The van der Waals surface area contributed by atoms with Crippen LogP contribution in [-0.2, 0) is 10.3 Å². The topological polar surface area (TPSA) is 108 Å². The zero-order chi connectivity index (χ0) is 15.9. The number of hydrogen-bond acceptors (Lipinski definition) is 6. The Labute approximate surface area is 133 Å². The summed E-state index contributed by atoms with van der Waals surface area (Å²) < 4.78 is 34.6. The third kappa shape index (κ3) is 2.46. The van der Waals surface area contributed by atoms with Gasteiger partial charge in [0.25, 0.3) is 0 Å². The van der Waals surface area contributed by atoms with Crippen LogP contribution in [0.15, 0.2) is 35.2 Å². The molecule has 0 saturated heterocycles. The van der Waals surface area contributed by atoms with Crippen LogP contribution in [0.5, 0.6) is 0 Å². The average molecular weight is 356 g/mol. The van der Waals surface area contributed by atoms with Crippen molar-refractivity contribution < 1.29 is 22.9 Å². The molecule has 0 spiro atoms. The van der Waals surface area contributed by atoms with Crippen molar-refractivity contribution in [2.75, 3.05) is 4.31 Å². The number of aromatic nitrogens is 1. The molecule has 10 heteroatoms. The van der Waals surface area contributed by atoms with E-state index >= 15 is 0 Å². The lowest BCUT2D eigenvalue weighted by molar-refractivity contribution is 0.0692. The summed E-state index contributed by atoms with van der Waals surface area (Å²) in [7, 11) is -4.71. The zero-order valence-corrected chi connectivity index (χ0v) is 13.2. The van der Waals surface area contributed by atoms with Gasteiger partial charge in [-0.25, -0.2) is 14.1 Å². The fourth-order valence-electron chi connectivity index (χ4n) is 1.99. The van der Waals surface area contributed by atoms with E-state index in [0.29, 0.717) is 9.69 Å². The van der Waals surface area contributed by atoms with Gasteiger partial charge in [-0.3, -0.25) is 4.55 Å². The molecule has 0 fully saturated rings. The van der Waals surface area contributed by atoms with Crippen molar-refractivity contribution in [3.8, 4) is 0 Å². The van der Waals surface area contributed by atoms with Crippen LogP contribution in [0.4, 0.5) is 10.7 Å². The van der Waals surface area contributed by atoms with Gasteiger partial charge in [0.1, 0.15) is 5.00 Å². The summed E-state index contributed by atoms with van der Waals surface area (Å²) in [5.41, 5.74) is 0.971. The van der Waals surface area contributed by atoms with Crippen molar-refractivity contribution >= 4 is 59.7 Å². The van der Waals surface area contributed by atoms with Gasteiger partial charge in [0, 0.05) is 15.5 Å². The SMILES string of the molecule is O=C(O)c1ncsc1N(c1csc2ccccc12)S(=O)(=O)O. The van der Waals surface area contributed by atoms with Gasteiger partial charge in [0.2, 0.25) is 0 Å². The minimum atomic E-state index is -4.71. The fourth-order valence-corrected chi connectivity index (χ4v) is 4.80. The maximum atomic E-state index is 11.8. The van der Waals surface area contributed by atoms with Gasteiger partial charge in [-0.15, -0.1) is 22.7 Å². The maximum Gasteiger partial charge on any atom is 0.365 e. The molecule has 0 unspecified atom stereocenters. The number of carboxylic acid groups (broad SMARTS) is 1. The number of carbonyl (C=O) groups is 1. The number of fused-ring (bicyclic) bond motifs is 1. The first-order valence-corrected chi connectivity index (χ1v) is 8.96. The molecule has 0 bridgehead atoms. The molecule has 0 atom stereocenters. The quantitative estimate of drug-likeness (QED) is 0.696. The Morgan fingerprint density at radius 3 is 2.64 bits per heavy atom. The summed E-state index contributed by atoms with van der Waals surface area (Å²) in [6.45, 7) is 0. The number of thiophene rings is 1. The highest BCUT2D eigenvalue weighted by molar-refractivity contribution is 7.87. The third-order valence-corrected chi connectivity index (χ3v) is 5.56. The molecule has 3 rings (SSSR count). The molecule has 0 saturated carbocycles. The lowest BCUT2D eigenvalue weighted by atomic mass is 10.2. The van der Waals surface area contributed by atoms with Gasteiger partial charge in [-0.2, -0.15) is 8.42 Å². The van der Waals surface area contributed by atoms with Gasteiger partial charge in [-0.1, -0.05) is 18.2 Å². The Balaban J connectivity index is 2.29. The van der Waals surface area contributed by atoms with Gasteiger partial charge in [0.05, 0.1) is 11.2 Å².